The van der Waals surface area contributed by atoms with Gasteiger partial charge in [-0.1, -0.05) is 23.4 Å². The molecule has 3 aromatic rings. The summed E-state index contributed by atoms with van der Waals surface area (Å²) in [6.07, 6.45) is 0.775. The van der Waals surface area contributed by atoms with Gasteiger partial charge in [0.15, 0.2) is 11.2 Å². The van der Waals surface area contributed by atoms with E-state index in [9.17, 15) is 14.7 Å². The first kappa shape index (κ1) is 20.1. The minimum Gasteiger partial charge on any atom is -0.490 e. The third-order valence-corrected chi connectivity index (χ3v) is 5.15. The lowest BCUT2D eigenvalue weighted by Gasteiger charge is -2.16. The van der Waals surface area contributed by atoms with Crippen LogP contribution in [0.2, 0.25) is 0 Å². The number of para-hydroxylation sites is 1. The molecule has 4 rings (SSSR count). The number of nitrogens with zero attached hydrogens (tertiary/aromatic N) is 3. The maximum Gasteiger partial charge on any atom is 0.359 e. The molecule has 1 aromatic carbocycles. The molecule has 0 amide bonds. The number of rotatable bonds is 7. The van der Waals surface area contributed by atoms with Gasteiger partial charge in [-0.15, -0.1) is 0 Å². The van der Waals surface area contributed by atoms with Crippen molar-refractivity contribution in [1.29, 1.82) is 0 Å². The molecular weight excluding hydrogens is 390 g/mol. The van der Waals surface area contributed by atoms with E-state index in [4.69, 9.17) is 14.0 Å². The van der Waals surface area contributed by atoms with E-state index < -0.39 is 17.6 Å². The summed E-state index contributed by atoms with van der Waals surface area (Å²) in [5, 5.41) is 18.8. The molecule has 1 saturated carbocycles. The van der Waals surface area contributed by atoms with Gasteiger partial charge in [-0.2, -0.15) is 5.10 Å². The highest BCUT2D eigenvalue weighted by Crippen LogP contribution is 2.43. The predicted molar refractivity (Wildman–Crippen MR) is 107 cm³/mol. The fourth-order valence-electron chi connectivity index (χ4n) is 3.46. The number of ether oxygens (including phenoxy) is 2. The normalized spacial score (nSPS) is 14.7. The van der Waals surface area contributed by atoms with Crippen LogP contribution in [0.4, 0.5) is 0 Å². The third-order valence-electron chi connectivity index (χ3n) is 5.15. The van der Waals surface area contributed by atoms with Crippen molar-refractivity contribution in [2.75, 3.05) is 13.7 Å². The Labute approximate surface area is 172 Å². The van der Waals surface area contributed by atoms with Crippen LogP contribution in [0.1, 0.15) is 46.1 Å². The molecule has 1 aliphatic carbocycles. The van der Waals surface area contributed by atoms with Crippen molar-refractivity contribution in [2.45, 2.75) is 45.3 Å². The highest BCUT2D eigenvalue weighted by Gasteiger charge is 2.34. The molecule has 0 radical (unpaired) electrons. The van der Waals surface area contributed by atoms with Gasteiger partial charge in [-0.3, -0.25) is 4.79 Å². The van der Waals surface area contributed by atoms with E-state index >= 15 is 0 Å². The largest absolute Gasteiger partial charge is 0.490 e. The second-order valence-corrected chi connectivity index (χ2v) is 7.56. The van der Waals surface area contributed by atoms with Crippen molar-refractivity contribution in [3.8, 4) is 5.75 Å². The summed E-state index contributed by atoms with van der Waals surface area (Å²) in [5.74, 6) is 0.612. The highest BCUT2D eigenvalue weighted by molar-refractivity contribution is 6.02. The number of carbonyl (C=O) groups excluding carboxylic acids is 1. The van der Waals surface area contributed by atoms with E-state index in [1.54, 1.807) is 0 Å². The van der Waals surface area contributed by atoms with Crippen molar-refractivity contribution in [3.63, 3.8) is 0 Å². The molecule has 0 saturated heterocycles. The van der Waals surface area contributed by atoms with Crippen LogP contribution < -0.4 is 10.3 Å². The van der Waals surface area contributed by atoms with Crippen molar-refractivity contribution < 1.29 is 23.9 Å². The van der Waals surface area contributed by atoms with Gasteiger partial charge >= 0.3 is 5.97 Å². The predicted octanol–water partition coefficient (Wildman–Crippen LogP) is 2.11. The Bertz CT molecular complexity index is 1140. The quantitative estimate of drug-likeness (QED) is 0.586. The minimum atomic E-state index is -1.04. The molecular formula is C21H23N3O6. The molecule has 0 spiro atoms. The first-order valence-corrected chi connectivity index (χ1v) is 9.76. The zero-order valence-corrected chi connectivity index (χ0v) is 17.0. The zero-order chi connectivity index (χ0) is 21.4. The molecule has 30 heavy (non-hydrogen) atoms. The Morgan fingerprint density at radius 1 is 1.33 bits per heavy atom. The highest BCUT2D eigenvalue weighted by atomic mass is 16.5. The van der Waals surface area contributed by atoms with Crippen LogP contribution >= 0.6 is 0 Å². The molecule has 1 N–H and O–H groups in total. The molecule has 0 aliphatic heterocycles. The van der Waals surface area contributed by atoms with Crippen LogP contribution in [-0.2, 0) is 11.3 Å². The summed E-state index contributed by atoms with van der Waals surface area (Å²) in [6.45, 7) is 3.62. The fourth-order valence-corrected chi connectivity index (χ4v) is 3.46. The molecule has 158 valence electrons. The Morgan fingerprint density at radius 3 is 2.67 bits per heavy atom. The molecule has 1 aliphatic rings. The number of methoxy groups -OCH3 is 1. The lowest BCUT2D eigenvalue weighted by molar-refractivity contribution is 0.0588. The molecule has 1 atom stereocenters. The summed E-state index contributed by atoms with van der Waals surface area (Å²) in [5.41, 5.74) is 1.32. The van der Waals surface area contributed by atoms with E-state index in [0.29, 0.717) is 16.9 Å². The monoisotopic (exact) mass is 413 g/mol. The Kier molecular flexibility index (Phi) is 5.29. The summed E-state index contributed by atoms with van der Waals surface area (Å²) < 4.78 is 16.9. The van der Waals surface area contributed by atoms with Crippen LogP contribution in [0.15, 0.2) is 27.5 Å². The number of aromatic nitrogens is 3. The molecule has 2 aromatic heterocycles. The number of benzene rings is 1. The van der Waals surface area contributed by atoms with Crippen molar-refractivity contribution in [2.24, 2.45) is 0 Å². The second-order valence-electron chi connectivity index (χ2n) is 7.56. The number of aliphatic hydroxyl groups is 1. The standard InChI is InChI=1S/C21H23N3O6/c1-11-5-4-6-12(2)18(11)29-10-14(25)9-24-20(26)16-15(17(22-24)21(27)28-3)19(30-23-16)13-7-8-13/h4-6,13-14,25H,7-10H2,1-3H3/t14-/m0/s1. The lowest BCUT2D eigenvalue weighted by atomic mass is 10.1. The summed E-state index contributed by atoms with van der Waals surface area (Å²) in [6, 6.07) is 5.76. The van der Waals surface area contributed by atoms with E-state index in [1.165, 1.54) is 7.11 Å². The van der Waals surface area contributed by atoms with Gasteiger partial charge in [0.1, 0.15) is 24.2 Å². The van der Waals surface area contributed by atoms with Gasteiger partial charge in [-0.25, -0.2) is 9.48 Å². The van der Waals surface area contributed by atoms with Crippen LogP contribution in [0, 0.1) is 13.8 Å². The van der Waals surface area contributed by atoms with E-state index in [0.717, 1.165) is 28.7 Å². The molecule has 2 heterocycles. The van der Waals surface area contributed by atoms with Gasteiger partial charge < -0.3 is 19.1 Å². The number of fused-ring (bicyclic) bond motifs is 1. The van der Waals surface area contributed by atoms with Crippen molar-refractivity contribution in [1.82, 2.24) is 14.9 Å². The smallest absolute Gasteiger partial charge is 0.359 e. The summed E-state index contributed by atoms with van der Waals surface area (Å²) >= 11 is 0. The lowest BCUT2D eigenvalue weighted by Crippen LogP contribution is -2.33. The SMILES string of the molecule is COC(=O)c1nn(C[C@H](O)COc2c(C)cccc2C)c(=O)c2noc(C3CC3)c12. The average Bonchev–Trinajstić information content (AvgIpc) is 3.47. The first-order chi connectivity index (χ1) is 14.4. The average molecular weight is 413 g/mol. The van der Waals surface area contributed by atoms with Crippen molar-refractivity contribution >= 4 is 16.9 Å². The second kappa shape index (κ2) is 7.91. The molecule has 9 nitrogen and oxygen atoms in total. The van der Waals surface area contributed by atoms with Gasteiger partial charge in [0.25, 0.3) is 5.56 Å². The minimum absolute atomic E-state index is 0.00941. The van der Waals surface area contributed by atoms with E-state index in [1.807, 2.05) is 32.0 Å². The van der Waals surface area contributed by atoms with E-state index in [-0.39, 0.29) is 30.3 Å². The van der Waals surface area contributed by atoms with Gasteiger partial charge in [0.05, 0.1) is 19.0 Å². The van der Waals surface area contributed by atoms with Gasteiger partial charge in [0, 0.05) is 5.92 Å². The first-order valence-electron chi connectivity index (χ1n) is 9.76. The Morgan fingerprint density at radius 2 is 2.03 bits per heavy atom. The molecule has 0 unspecified atom stereocenters. The molecule has 0 bridgehead atoms. The molecule has 1 fully saturated rings. The van der Waals surface area contributed by atoms with Crippen LogP contribution in [-0.4, -0.2) is 45.8 Å². The summed E-state index contributed by atoms with van der Waals surface area (Å²) in [7, 11) is 1.24. The third kappa shape index (κ3) is 3.68. The molecule has 9 heteroatoms. The van der Waals surface area contributed by atoms with Crippen LogP contribution in [0.25, 0.3) is 10.9 Å². The number of aryl methyl sites for hydroxylation is 2. The van der Waals surface area contributed by atoms with Crippen LogP contribution in [0.3, 0.4) is 0 Å². The maximum absolute atomic E-state index is 12.8. The zero-order valence-electron chi connectivity index (χ0n) is 17.0. The summed E-state index contributed by atoms with van der Waals surface area (Å²) in [4.78, 5) is 25.1. The van der Waals surface area contributed by atoms with Crippen molar-refractivity contribution in [3.05, 3.63) is 51.1 Å². The fraction of sp³-hybridized carbons (Fsp3) is 0.429. The number of aliphatic hydroxyl groups excluding tert-OH is 1. The number of carbonyl (C=O) groups is 1. The Balaban J connectivity index is 1.61. The van der Waals surface area contributed by atoms with Gasteiger partial charge in [0.2, 0.25) is 0 Å². The number of hydrogen-bond acceptors (Lipinski definition) is 8. The van der Waals surface area contributed by atoms with E-state index in [2.05, 4.69) is 10.3 Å². The maximum atomic E-state index is 12.8. The van der Waals surface area contributed by atoms with Gasteiger partial charge in [-0.05, 0) is 37.8 Å². The number of hydrogen-bond donors (Lipinski definition) is 1. The number of esters is 1. The Hall–Kier alpha value is -3.20. The van der Waals surface area contributed by atoms with Crippen LogP contribution in [0.5, 0.6) is 5.75 Å². The topological polar surface area (TPSA) is 117 Å².